The normalized spacial score (nSPS) is 15.5. The number of carboxylic acids is 1. The van der Waals surface area contributed by atoms with Crippen LogP contribution in [0.15, 0.2) is 16.5 Å². The molecule has 0 radical (unpaired) electrons. The van der Waals surface area contributed by atoms with Crippen LogP contribution in [-0.2, 0) is 6.54 Å². The molecule has 0 aliphatic heterocycles. The van der Waals surface area contributed by atoms with Crippen LogP contribution in [0, 0.1) is 5.92 Å². The number of hydrogen-bond acceptors (Lipinski definition) is 3. The van der Waals surface area contributed by atoms with Crippen LogP contribution in [-0.4, -0.2) is 17.6 Å². The molecule has 1 aliphatic carbocycles. The van der Waals surface area contributed by atoms with E-state index in [1.54, 1.807) is 6.07 Å². The zero-order chi connectivity index (χ0) is 10.7. The number of nitrogens with one attached hydrogen (secondary N) is 1. The number of furan rings is 1. The minimum atomic E-state index is -1.01. The smallest absolute Gasteiger partial charge is 0.371 e. The lowest BCUT2D eigenvalue weighted by atomic mass is 10.3. The molecular formula is C11H15NO3. The minimum absolute atomic E-state index is 0.00833. The number of rotatable bonds is 6. The fourth-order valence-corrected chi connectivity index (χ4v) is 1.51. The molecule has 1 saturated carbocycles. The summed E-state index contributed by atoms with van der Waals surface area (Å²) in [6.45, 7) is 1.59. The summed E-state index contributed by atoms with van der Waals surface area (Å²) in [6, 6.07) is 3.19. The van der Waals surface area contributed by atoms with Gasteiger partial charge in [-0.1, -0.05) is 12.8 Å². The van der Waals surface area contributed by atoms with Crippen molar-refractivity contribution in [3.05, 3.63) is 23.7 Å². The largest absolute Gasteiger partial charge is 0.475 e. The highest BCUT2D eigenvalue weighted by atomic mass is 16.4. The van der Waals surface area contributed by atoms with Gasteiger partial charge in [0.1, 0.15) is 5.76 Å². The van der Waals surface area contributed by atoms with E-state index in [1.165, 1.54) is 25.3 Å². The molecule has 0 spiro atoms. The zero-order valence-corrected chi connectivity index (χ0v) is 8.53. The predicted molar refractivity (Wildman–Crippen MR) is 54.7 cm³/mol. The third kappa shape index (κ3) is 3.09. The first kappa shape index (κ1) is 10.2. The third-order valence-corrected chi connectivity index (χ3v) is 2.60. The summed E-state index contributed by atoms with van der Waals surface area (Å²) in [5.41, 5.74) is 0. The van der Waals surface area contributed by atoms with Crippen LogP contribution in [0.4, 0.5) is 0 Å². The Hall–Kier alpha value is -1.29. The number of hydrogen-bond donors (Lipinski definition) is 2. The Morgan fingerprint density at radius 3 is 2.93 bits per heavy atom. The lowest BCUT2D eigenvalue weighted by molar-refractivity contribution is 0.0660. The summed E-state index contributed by atoms with van der Waals surface area (Å²) in [6.07, 6.45) is 3.95. The van der Waals surface area contributed by atoms with E-state index in [2.05, 4.69) is 5.32 Å². The van der Waals surface area contributed by atoms with Gasteiger partial charge in [-0.25, -0.2) is 4.79 Å². The van der Waals surface area contributed by atoms with Gasteiger partial charge in [-0.15, -0.1) is 0 Å². The first-order valence-corrected chi connectivity index (χ1v) is 5.28. The molecule has 0 saturated heterocycles. The molecule has 0 amide bonds. The SMILES string of the molecule is O=C(O)c1ccc(CNCCC2CC2)o1. The second-order valence-corrected chi connectivity index (χ2v) is 3.98. The van der Waals surface area contributed by atoms with Crippen LogP contribution in [0.1, 0.15) is 35.6 Å². The lowest BCUT2D eigenvalue weighted by Crippen LogP contribution is -2.14. The molecule has 4 nitrogen and oxygen atoms in total. The van der Waals surface area contributed by atoms with Gasteiger partial charge in [0, 0.05) is 0 Å². The molecule has 0 aromatic carbocycles. The molecule has 1 aromatic heterocycles. The molecule has 2 rings (SSSR count). The highest BCUT2D eigenvalue weighted by Gasteiger charge is 2.20. The molecule has 1 fully saturated rings. The van der Waals surface area contributed by atoms with E-state index in [1.807, 2.05) is 0 Å². The summed E-state index contributed by atoms with van der Waals surface area (Å²) in [5.74, 6) is 0.597. The summed E-state index contributed by atoms with van der Waals surface area (Å²) in [4.78, 5) is 10.5. The average Bonchev–Trinajstić information content (AvgIpc) is 2.90. The Morgan fingerprint density at radius 2 is 2.33 bits per heavy atom. The van der Waals surface area contributed by atoms with Crippen molar-refractivity contribution in [1.29, 1.82) is 0 Å². The Morgan fingerprint density at radius 1 is 1.53 bits per heavy atom. The van der Waals surface area contributed by atoms with Crippen LogP contribution < -0.4 is 5.32 Å². The number of aromatic carboxylic acids is 1. The highest BCUT2D eigenvalue weighted by molar-refractivity contribution is 5.84. The maximum atomic E-state index is 10.5. The summed E-state index contributed by atoms with van der Waals surface area (Å²) < 4.78 is 5.11. The fourth-order valence-electron chi connectivity index (χ4n) is 1.51. The van der Waals surface area contributed by atoms with Gasteiger partial charge in [0.25, 0.3) is 0 Å². The van der Waals surface area contributed by atoms with E-state index in [-0.39, 0.29) is 5.76 Å². The minimum Gasteiger partial charge on any atom is -0.475 e. The molecular weight excluding hydrogens is 194 g/mol. The van der Waals surface area contributed by atoms with Crippen LogP contribution in [0.3, 0.4) is 0 Å². The van der Waals surface area contributed by atoms with Crippen LogP contribution in [0.5, 0.6) is 0 Å². The summed E-state index contributed by atoms with van der Waals surface area (Å²) in [5, 5.41) is 11.9. The first-order valence-electron chi connectivity index (χ1n) is 5.28. The second-order valence-electron chi connectivity index (χ2n) is 3.98. The fraction of sp³-hybridized carbons (Fsp3) is 0.545. The van der Waals surface area contributed by atoms with E-state index >= 15 is 0 Å². The van der Waals surface area contributed by atoms with Gasteiger partial charge in [0.05, 0.1) is 6.54 Å². The summed E-state index contributed by atoms with van der Waals surface area (Å²) >= 11 is 0. The molecule has 82 valence electrons. The zero-order valence-electron chi connectivity index (χ0n) is 8.53. The third-order valence-electron chi connectivity index (χ3n) is 2.60. The van der Waals surface area contributed by atoms with Crippen LogP contribution >= 0.6 is 0 Å². The molecule has 2 N–H and O–H groups in total. The van der Waals surface area contributed by atoms with Crippen molar-refractivity contribution < 1.29 is 14.3 Å². The molecule has 4 heteroatoms. The van der Waals surface area contributed by atoms with Crippen molar-refractivity contribution in [3.63, 3.8) is 0 Å². The Labute approximate surface area is 88.3 Å². The average molecular weight is 209 g/mol. The number of carboxylic acid groups (broad SMARTS) is 1. The van der Waals surface area contributed by atoms with Crippen LogP contribution in [0.2, 0.25) is 0 Å². The molecule has 1 aromatic rings. The molecule has 15 heavy (non-hydrogen) atoms. The Balaban J connectivity index is 1.70. The predicted octanol–water partition coefficient (Wildman–Crippen LogP) is 1.87. The second kappa shape index (κ2) is 4.49. The van der Waals surface area contributed by atoms with Gasteiger partial charge in [-0.05, 0) is 31.0 Å². The monoisotopic (exact) mass is 209 g/mol. The van der Waals surface area contributed by atoms with Crippen molar-refractivity contribution >= 4 is 5.97 Å². The standard InChI is InChI=1S/C11H15NO3/c13-11(14)10-4-3-9(15-10)7-12-6-5-8-1-2-8/h3-4,8,12H,1-2,5-7H2,(H,13,14). The molecule has 0 atom stereocenters. The molecule has 1 aliphatic rings. The quantitative estimate of drug-likeness (QED) is 0.702. The van der Waals surface area contributed by atoms with Gasteiger partial charge in [-0.3, -0.25) is 0 Å². The van der Waals surface area contributed by atoms with Crippen molar-refractivity contribution in [2.24, 2.45) is 5.92 Å². The topological polar surface area (TPSA) is 62.5 Å². The van der Waals surface area contributed by atoms with E-state index < -0.39 is 5.97 Å². The maximum absolute atomic E-state index is 10.5. The molecule has 0 unspecified atom stereocenters. The van der Waals surface area contributed by atoms with Gasteiger partial charge >= 0.3 is 5.97 Å². The van der Waals surface area contributed by atoms with Gasteiger partial charge in [-0.2, -0.15) is 0 Å². The van der Waals surface area contributed by atoms with Crippen molar-refractivity contribution in [3.8, 4) is 0 Å². The van der Waals surface area contributed by atoms with Crippen molar-refractivity contribution in [2.45, 2.75) is 25.8 Å². The first-order chi connectivity index (χ1) is 7.25. The Kier molecular flexibility index (Phi) is 3.06. The van der Waals surface area contributed by atoms with Gasteiger partial charge < -0.3 is 14.8 Å². The van der Waals surface area contributed by atoms with E-state index in [9.17, 15) is 4.79 Å². The summed E-state index contributed by atoms with van der Waals surface area (Å²) in [7, 11) is 0. The van der Waals surface area contributed by atoms with E-state index in [0.717, 1.165) is 12.5 Å². The van der Waals surface area contributed by atoms with Crippen molar-refractivity contribution in [2.75, 3.05) is 6.54 Å². The number of carbonyl (C=O) groups is 1. The van der Waals surface area contributed by atoms with Gasteiger partial charge in [0.2, 0.25) is 5.76 Å². The van der Waals surface area contributed by atoms with Crippen LogP contribution in [0.25, 0.3) is 0 Å². The van der Waals surface area contributed by atoms with Gasteiger partial charge in [0.15, 0.2) is 0 Å². The molecule has 1 heterocycles. The van der Waals surface area contributed by atoms with E-state index in [4.69, 9.17) is 9.52 Å². The van der Waals surface area contributed by atoms with E-state index in [0.29, 0.717) is 12.3 Å². The molecule has 0 bridgehead atoms. The highest BCUT2D eigenvalue weighted by Crippen LogP contribution is 2.31. The maximum Gasteiger partial charge on any atom is 0.371 e. The Bertz CT molecular complexity index is 341. The lowest BCUT2D eigenvalue weighted by Gasteiger charge is -2.00. The van der Waals surface area contributed by atoms with Crippen molar-refractivity contribution in [1.82, 2.24) is 5.32 Å².